The molecule has 0 aliphatic carbocycles. The molecule has 0 aliphatic heterocycles. The van der Waals surface area contributed by atoms with Crippen molar-refractivity contribution in [2.75, 3.05) is 0 Å². The fourth-order valence-corrected chi connectivity index (χ4v) is 2.81. The van der Waals surface area contributed by atoms with Gasteiger partial charge in [0.2, 0.25) is 5.78 Å². The number of carbonyl (C=O) groups is 3. The van der Waals surface area contributed by atoms with E-state index in [1.165, 1.54) is 26.1 Å². The van der Waals surface area contributed by atoms with Crippen LogP contribution in [0.1, 0.15) is 56.3 Å². The summed E-state index contributed by atoms with van der Waals surface area (Å²) in [4.78, 5) is 43.0. The quantitative estimate of drug-likeness (QED) is 0.480. The van der Waals surface area contributed by atoms with Gasteiger partial charge in [-0.25, -0.2) is 9.78 Å². The monoisotopic (exact) mass is 382 g/mol. The Labute approximate surface area is 154 Å². The van der Waals surface area contributed by atoms with Crippen molar-refractivity contribution in [2.24, 2.45) is 0 Å². The Morgan fingerprint density at radius 1 is 1.24 bits per heavy atom. The highest BCUT2D eigenvalue weighted by molar-refractivity contribution is 6.41. The van der Waals surface area contributed by atoms with Crippen LogP contribution < -0.4 is 0 Å². The first-order valence-corrected chi connectivity index (χ1v) is 8.15. The minimum Gasteiger partial charge on any atom is -0.451 e. The summed E-state index contributed by atoms with van der Waals surface area (Å²) < 4.78 is 5.18. The zero-order chi connectivity index (χ0) is 18.9. The molecule has 0 amide bonds. The first-order chi connectivity index (χ1) is 11.6. The van der Waals surface area contributed by atoms with Crippen molar-refractivity contribution in [3.8, 4) is 0 Å². The second kappa shape index (κ2) is 7.37. The lowest BCUT2D eigenvalue weighted by Crippen LogP contribution is -2.25. The van der Waals surface area contributed by atoms with Crippen LogP contribution in [0, 0.1) is 13.8 Å². The van der Waals surface area contributed by atoms with Gasteiger partial charge in [-0.3, -0.25) is 9.59 Å². The Hall–Kier alpha value is -2.18. The number of nitrogens with one attached hydrogen (secondary N) is 1. The molecule has 0 saturated carbocycles. The lowest BCUT2D eigenvalue weighted by molar-refractivity contribution is 0.0316. The molecule has 1 N–H and O–H groups in total. The van der Waals surface area contributed by atoms with E-state index < -0.39 is 17.9 Å². The van der Waals surface area contributed by atoms with Gasteiger partial charge in [-0.1, -0.05) is 23.2 Å². The van der Waals surface area contributed by atoms with Gasteiger partial charge >= 0.3 is 5.97 Å². The van der Waals surface area contributed by atoms with Crippen molar-refractivity contribution in [3.05, 3.63) is 50.5 Å². The predicted octanol–water partition coefficient (Wildman–Crippen LogP) is 3.96. The molecule has 8 heteroatoms. The van der Waals surface area contributed by atoms with E-state index in [4.69, 9.17) is 27.9 Å². The lowest BCUT2D eigenvalue weighted by Gasteiger charge is -2.12. The molecule has 2 aromatic heterocycles. The summed E-state index contributed by atoms with van der Waals surface area (Å²) in [5.74, 6) is -1.33. The molecular formula is C17H16Cl2N2O4. The van der Waals surface area contributed by atoms with E-state index in [-0.39, 0.29) is 27.2 Å². The summed E-state index contributed by atoms with van der Waals surface area (Å²) in [6, 6.07) is 1.31. The Kier molecular flexibility index (Phi) is 5.65. The number of rotatable bonds is 5. The standard InChI is InChI=1S/C17H16Cl2N2O4/c1-7-13(9(3)22)8(2)21-14(7)15(23)10(4)25-17(24)11-5-12(18)16(19)20-6-11/h5-6,10,21H,1-4H3/t10-/m1/s1. The van der Waals surface area contributed by atoms with Crippen LogP contribution in [0.15, 0.2) is 12.3 Å². The third kappa shape index (κ3) is 3.91. The minimum atomic E-state index is -1.06. The Bertz CT molecular complexity index is 874. The fourth-order valence-electron chi connectivity index (χ4n) is 2.54. The third-order valence-corrected chi connectivity index (χ3v) is 4.41. The number of ether oxygens (including phenoxy) is 1. The van der Waals surface area contributed by atoms with Gasteiger partial charge in [0.1, 0.15) is 5.15 Å². The number of Topliss-reactive ketones (excluding diaryl/α,β-unsaturated/α-hetero) is 2. The smallest absolute Gasteiger partial charge is 0.340 e. The summed E-state index contributed by atoms with van der Waals surface area (Å²) in [5.41, 5.74) is 1.93. The maximum absolute atomic E-state index is 12.6. The summed E-state index contributed by atoms with van der Waals surface area (Å²) in [6.07, 6.45) is 0.157. The van der Waals surface area contributed by atoms with Gasteiger partial charge in [0.25, 0.3) is 0 Å². The molecule has 0 bridgehead atoms. The molecule has 0 saturated heterocycles. The van der Waals surface area contributed by atoms with E-state index >= 15 is 0 Å². The van der Waals surface area contributed by atoms with Crippen LogP contribution >= 0.6 is 23.2 Å². The van der Waals surface area contributed by atoms with E-state index in [1.807, 2.05) is 0 Å². The SMILES string of the molecule is CC(=O)c1c(C)[nH]c(C(=O)[C@@H](C)OC(=O)c2cnc(Cl)c(Cl)c2)c1C. The number of H-pyrrole nitrogens is 1. The van der Waals surface area contributed by atoms with Crippen molar-refractivity contribution in [3.63, 3.8) is 0 Å². The van der Waals surface area contributed by atoms with Gasteiger partial charge in [-0.15, -0.1) is 0 Å². The van der Waals surface area contributed by atoms with Crippen molar-refractivity contribution in [1.29, 1.82) is 0 Å². The number of aryl methyl sites for hydroxylation is 1. The molecule has 2 aromatic rings. The Balaban J connectivity index is 2.20. The second-order valence-corrected chi connectivity index (χ2v) is 6.35. The highest BCUT2D eigenvalue weighted by Gasteiger charge is 2.26. The number of hydrogen-bond donors (Lipinski definition) is 1. The highest BCUT2D eigenvalue weighted by atomic mass is 35.5. The van der Waals surface area contributed by atoms with E-state index in [0.717, 1.165) is 0 Å². The number of pyridine rings is 1. The van der Waals surface area contributed by atoms with E-state index in [9.17, 15) is 14.4 Å². The average molecular weight is 383 g/mol. The summed E-state index contributed by atoms with van der Waals surface area (Å²) >= 11 is 11.5. The van der Waals surface area contributed by atoms with E-state index in [1.54, 1.807) is 13.8 Å². The normalized spacial score (nSPS) is 11.9. The first kappa shape index (κ1) is 19.1. The number of nitrogens with zero attached hydrogens (tertiary/aromatic N) is 1. The molecule has 2 heterocycles. The van der Waals surface area contributed by atoms with Crippen LogP contribution in [0.2, 0.25) is 10.2 Å². The van der Waals surface area contributed by atoms with Gasteiger partial charge in [0, 0.05) is 17.5 Å². The van der Waals surface area contributed by atoms with Crippen molar-refractivity contribution >= 4 is 40.7 Å². The Morgan fingerprint density at radius 3 is 2.40 bits per heavy atom. The second-order valence-electron chi connectivity index (χ2n) is 5.59. The van der Waals surface area contributed by atoms with Gasteiger partial charge in [0.15, 0.2) is 11.9 Å². The van der Waals surface area contributed by atoms with Crippen molar-refractivity contribution in [2.45, 2.75) is 33.8 Å². The molecule has 132 valence electrons. The molecule has 1 atom stereocenters. The predicted molar refractivity (Wildman–Crippen MR) is 93.7 cm³/mol. The largest absolute Gasteiger partial charge is 0.451 e. The number of ketones is 2. The number of carbonyl (C=O) groups excluding carboxylic acids is 3. The molecule has 2 rings (SSSR count). The lowest BCUT2D eigenvalue weighted by atomic mass is 10.0. The molecule has 0 radical (unpaired) electrons. The average Bonchev–Trinajstić information content (AvgIpc) is 2.83. The first-order valence-electron chi connectivity index (χ1n) is 7.39. The summed E-state index contributed by atoms with van der Waals surface area (Å²) in [5, 5.41) is 0.175. The Morgan fingerprint density at radius 2 is 1.88 bits per heavy atom. The van der Waals surface area contributed by atoms with E-state index in [0.29, 0.717) is 16.8 Å². The summed E-state index contributed by atoms with van der Waals surface area (Å²) in [7, 11) is 0. The minimum absolute atomic E-state index is 0.0663. The molecule has 25 heavy (non-hydrogen) atoms. The number of hydrogen-bond acceptors (Lipinski definition) is 5. The van der Waals surface area contributed by atoms with Crippen molar-refractivity contribution < 1.29 is 19.1 Å². The van der Waals surface area contributed by atoms with Crippen LogP contribution in [0.25, 0.3) is 0 Å². The van der Waals surface area contributed by atoms with E-state index in [2.05, 4.69) is 9.97 Å². The number of aromatic amines is 1. The summed E-state index contributed by atoms with van der Waals surface area (Å²) in [6.45, 7) is 6.26. The number of halogens is 2. The topological polar surface area (TPSA) is 89.1 Å². The van der Waals surface area contributed by atoms with Crippen LogP contribution in [0.5, 0.6) is 0 Å². The van der Waals surface area contributed by atoms with Crippen LogP contribution in [0.3, 0.4) is 0 Å². The molecule has 0 fully saturated rings. The zero-order valence-corrected chi connectivity index (χ0v) is 15.6. The maximum Gasteiger partial charge on any atom is 0.340 e. The molecule has 0 aliphatic rings. The van der Waals surface area contributed by atoms with Gasteiger partial charge in [-0.05, 0) is 39.3 Å². The highest BCUT2D eigenvalue weighted by Crippen LogP contribution is 2.22. The van der Waals surface area contributed by atoms with Crippen LogP contribution in [-0.2, 0) is 4.74 Å². The molecule has 0 aromatic carbocycles. The van der Waals surface area contributed by atoms with Gasteiger partial charge in [-0.2, -0.15) is 0 Å². The fraction of sp³-hybridized carbons (Fsp3) is 0.294. The zero-order valence-electron chi connectivity index (χ0n) is 14.1. The maximum atomic E-state index is 12.6. The number of aromatic nitrogens is 2. The van der Waals surface area contributed by atoms with Gasteiger partial charge < -0.3 is 9.72 Å². The third-order valence-electron chi connectivity index (χ3n) is 3.72. The molecule has 6 nitrogen and oxygen atoms in total. The molecule has 0 unspecified atom stereocenters. The number of esters is 1. The van der Waals surface area contributed by atoms with Crippen LogP contribution in [-0.4, -0.2) is 33.6 Å². The van der Waals surface area contributed by atoms with Crippen LogP contribution in [0.4, 0.5) is 0 Å². The molecule has 0 spiro atoms. The molecular weight excluding hydrogens is 367 g/mol. The van der Waals surface area contributed by atoms with Gasteiger partial charge in [0.05, 0.1) is 16.3 Å². The van der Waals surface area contributed by atoms with Crippen molar-refractivity contribution in [1.82, 2.24) is 9.97 Å².